The molecule has 0 amide bonds. The highest BCUT2D eigenvalue weighted by molar-refractivity contribution is 5.70. The molecule has 6 atom stereocenters. The highest BCUT2D eigenvalue weighted by Gasteiger charge is 2.44. The number of hydrogen-bond acceptors (Lipinski definition) is 10. The summed E-state index contributed by atoms with van der Waals surface area (Å²) in [6.45, 7) is 3.23. The predicted molar refractivity (Wildman–Crippen MR) is 210 cm³/mol. The Balaban J connectivity index is 2.39. The summed E-state index contributed by atoms with van der Waals surface area (Å²) in [5.74, 6) is -0.853. The van der Waals surface area contributed by atoms with Crippen LogP contribution in [-0.4, -0.2) is 89.0 Å². The van der Waals surface area contributed by atoms with Gasteiger partial charge in [0.15, 0.2) is 12.4 Å². The Kier molecular flexibility index (Phi) is 31.4. The standard InChI is InChI=1S/C43H74O10/c1-3-5-7-9-11-13-15-17-18-20-21-23-25-27-29-31-38(45)50-34-36(35-51-43-42(49)41(48)40(47)37(33-44)53-43)52-39(46)32-30-28-26-24-22-19-16-14-12-10-8-6-4-2/h6,8,10,12,14,16,19,22,36-37,40-44,47-49H,3-5,7,9,11,13,15,17-18,20-21,23-35H2,1-2H3/b8-6+,12-10+,16-14+,22-19+/t36?,37-,40+,41?,42?,43-/m0/s1. The molecule has 1 aliphatic heterocycles. The smallest absolute Gasteiger partial charge is 0.306 e. The summed E-state index contributed by atoms with van der Waals surface area (Å²) < 4.78 is 22.1. The number of aliphatic hydroxyl groups is 4. The fourth-order valence-electron chi connectivity index (χ4n) is 6.02. The van der Waals surface area contributed by atoms with Crippen LogP contribution in [0, 0.1) is 0 Å². The number of carbonyl (C=O) groups is 2. The molecule has 3 unspecified atom stereocenters. The molecule has 0 spiro atoms. The maximum Gasteiger partial charge on any atom is 0.306 e. The second-order valence-electron chi connectivity index (χ2n) is 14.2. The topological polar surface area (TPSA) is 152 Å². The van der Waals surface area contributed by atoms with Gasteiger partial charge >= 0.3 is 11.9 Å². The second-order valence-corrected chi connectivity index (χ2v) is 14.2. The summed E-state index contributed by atoms with van der Waals surface area (Å²) in [5.41, 5.74) is 0. The highest BCUT2D eigenvalue weighted by Crippen LogP contribution is 2.22. The number of aliphatic hydroxyl groups excluding tert-OH is 4. The van der Waals surface area contributed by atoms with Gasteiger partial charge in [-0.15, -0.1) is 0 Å². The first-order chi connectivity index (χ1) is 25.8. The van der Waals surface area contributed by atoms with Crippen LogP contribution in [0.25, 0.3) is 0 Å². The van der Waals surface area contributed by atoms with Gasteiger partial charge in [-0.1, -0.05) is 159 Å². The molecule has 1 fully saturated rings. The van der Waals surface area contributed by atoms with Crippen LogP contribution in [-0.2, 0) is 28.5 Å². The zero-order chi connectivity index (χ0) is 38.8. The molecule has 10 heteroatoms. The van der Waals surface area contributed by atoms with Crippen LogP contribution >= 0.6 is 0 Å². The normalized spacial score (nSPS) is 21.4. The molecule has 1 aliphatic rings. The predicted octanol–water partition coefficient (Wildman–Crippen LogP) is 8.10. The highest BCUT2D eigenvalue weighted by atomic mass is 16.7. The molecule has 4 N–H and O–H groups in total. The first-order valence-corrected chi connectivity index (χ1v) is 20.8. The molecule has 0 aliphatic carbocycles. The first kappa shape index (κ1) is 48.7. The van der Waals surface area contributed by atoms with E-state index >= 15 is 0 Å². The molecule has 0 aromatic heterocycles. The van der Waals surface area contributed by atoms with Crippen LogP contribution in [0.4, 0.5) is 0 Å². The lowest BCUT2D eigenvalue weighted by Gasteiger charge is -2.39. The molecule has 1 rings (SSSR count). The van der Waals surface area contributed by atoms with Crippen molar-refractivity contribution in [3.8, 4) is 0 Å². The fraction of sp³-hybridized carbons (Fsp3) is 0.767. The van der Waals surface area contributed by atoms with Crippen molar-refractivity contribution >= 4 is 11.9 Å². The molecule has 10 nitrogen and oxygen atoms in total. The molecule has 53 heavy (non-hydrogen) atoms. The van der Waals surface area contributed by atoms with Crippen molar-refractivity contribution in [1.82, 2.24) is 0 Å². The molecule has 0 saturated carbocycles. The Hall–Kier alpha value is -2.34. The van der Waals surface area contributed by atoms with Crippen molar-refractivity contribution in [2.24, 2.45) is 0 Å². The summed E-state index contributed by atoms with van der Waals surface area (Å²) in [4.78, 5) is 25.2. The van der Waals surface area contributed by atoms with E-state index < -0.39 is 49.4 Å². The number of unbranched alkanes of at least 4 members (excludes halogenated alkanes) is 17. The number of esters is 2. The summed E-state index contributed by atoms with van der Waals surface area (Å²) in [7, 11) is 0. The Morgan fingerprint density at radius 1 is 0.604 bits per heavy atom. The van der Waals surface area contributed by atoms with Crippen LogP contribution < -0.4 is 0 Å². The van der Waals surface area contributed by atoms with E-state index in [-0.39, 0.29) is 32.0 Å². The number of rotatable bonds is 33. The lowest BCUT2D eigenvalue weighted by molar-refractivity contribution is -0.305. The van der Waals surface area contributed by atoms with Crippen molar-refractivity contribution in [3.63, 3.8) is 0 Å². The number of carbonyl (C=O) groups excluding carboxylic acids is 2. The van der Waals surface area contributed by atoms with Gasteiger partial charge in [-0.3, -0.25) is 9.59 Å². The molecule has 0 radical (unpaired) electrons. The third-order valence-corrected chi connectivity index (χ3v) is 9.32. The van der Waals surface area contributed by atoms with Gasteiger partial charge in [0.1, 0.15) is 31.0 Å². The zero-order valence-electron chi connectivity index (χ0n) is 33.0. The van der Waals surface area contributed by atoms with Gasteiger partial charge in [-0.2, -0.15) is 0 Å². The molecule has 1 heterocycles. The van der Waals surface area contributed by atoms with Gasteiger partial charge < -0.3 is 39.4 Å². The van der Waals surface area contributed by atoms with Gasteiger partial charge in [0.2, 0.25) is 0 Å². The largest absolute Gasteiger partial charge is 0.462 e. The maximum atomic E-state index is 12.7. The molecule has 306 valence electrons. The van der Waals surface area contributed by atoms with Crippen LogP contribution in [0.2, 0.25) is 0 Å². The number of hydrogen-bond donors (Lipinski definition) is 4. The lowest BCUT2D eigenvalue weighted by atomic mass is 9.99. The minimum absolute atomic E-state index is 0.184. The van der Waals surface area contributed by atoms with Gasteiger partial charge in [-0.05, 0) is 32.1 Å². The van der Waals surface area contributed by atoms with E-state index in [1.807, 2.05) is 36.5 Å². The SMILES string of the molecule is CC/C=C/C=C/C=C/C=C/CCCCCC(=O)OC(COC(=O)CCCCCCCCCCCCCCCCC)CO[C@H]1O[C@@H](CO)[C@@H](O)C(O)C1O. The number of ether oxygens (including phenoxy) is 4. The molecular formula is C43H74O10. The third-order valence-electron chi connectivity index (χ3n) is 9.32. The van der Waals surface area contributed by atoms with Crippen molar-refractivity contribution in [2.45, 2.75) is 192 Å². The molecular weight excluding hydrogens is 676 g/mol. The van der Waals surface area contributed by atoms with Gasteiger partial charge in [0, 0.05) is 12.8 Å². The quantitative estimate of drug-likeness (QED) is 0.0294. The average molecular weight is 751 g/mol. The zero-order valence-corrected chi connectivity index (χ0v) is 33.0. The van der Waals surface area contributed by atoms with E-state index in [1.54, 1.807) is 0 Å². The Morgan fingerprint density at radius 3 is 1.68 bits per heavy atom. The van der Waals surface area contributed by atoms with Crippen LogP contribution in [0.3, 0.4) is 0 Å². The van der Waals surface area contributed by atoms with Crippen LogP contribution in [0.15, 0.2) is 48.6 Å². The maximum absolute atomic E-state index is 12.7. The summed E-state index contributed by atoms with van der Waals surface area (Å²) in [5, 5.41) is 40.0. The molecule has 0 aromatic carbocycles. The van der Waals surface area contributed by atoms with E-state index in [0.717, 1.165) is 44.9 Å². The Bertz CT molecular complexity index is 1010. The van der Waals surface area contributed by atoms with E-state index in [4.69, 9.17) is 18.9 Å². The van der Waals surface area contributed by atoms with Crippen molar-refractivity contribution < 1.29 is 49.0 Å². The van der Waals surface area contributed by atoms with E-state index in [2.05, 4.69) is 26.0 Å². The summed E-state index contributed by atoms with van der Waals surface area (Å²) in [6.07, 6.45) is 31.2. The Morgan fingerprint density at radius 2 is 1.11 bits per heavy atom. The van der Waals surface area contributed by atoms with E-state index in [0.29, 0.717) is 6.42 Å². The summed E-state index contributed by atoms with van der Waals surface area (Å²) in [6, 6.07) is 0. The summed E-state index contributed by atoms with van der Waals surface area (Å²) >= 11 is 0. The van der Waals surface area contributed by atoms with Crippen LogP contribution in [0.1, 0.15) is 155 Å². The van der Waals surface area contributed by atoms with Gasteiger partial charge in [0.25, 0.3) is 0 Å². The second kappa shape index (κ2) is 34.2. The molecule has 0 bridgehead atoms. The van der Waals surface area contributed by atoms with Crippen molar-refractivity contribution in [3.05, 3.63) is 48.6 Å². The fourth-order valence-corrected chi connectivity index (χ4v) is 6.02. The average Bonchev–Trinajstić information content (AvgIpc) is 3.15. The monoisotopic (exact) mass is 751 g/mol. The lowest BCUT2D eigenvalue weighted by Crippen LogP contribution is -2.59. The van der Waals surface area contributed by atoms with Crippen molar-refractivity contribution in [1.29, 1.82) is 0 Å². The molecule has 0 aromatic rings. The minimum Gasteiger partial charge on any atom is -0.462 e. The van der Waals surface area contributed by atoms with Crippen LogP contribution in [0.5, 0.6) is 0 Å². The first-order valence-electron chi connectivity index (χ1n) is 20.8. The third kappa shape index (κ3) is 26.2. The van der Waals surface area contributed by atoms with Crippen molar-refractivity contribution in [2.75, 3.05) is 19.8 Å². The number of allylic oxidation sites excluding steroid dienone is 8. The van der Waals surface area contributed by atoms with E-state index in [1.165, 1.54) is 77.0 Å². The van der Waals surface area contributed by atoms with Gasteiger partial charge in [-0.25, -0.2) is 0 Å². The van der Waals surface area contributed by atoms with Gasteiger partial charge in [0.05, 0.1) is 13.2 Å². The van der Waals surface area contributed by atoms with E-state index in [9.17, 15) is 30.0 Å². The Labute approximate surface area is 320 Å². The molecule has 1 saturated heterocycles. The minimum atomic E-state index is -1.60.